The van der Waals surface area contributed by atoms with Crippen LogP contribution in [0.15, 0.2) is 27.8 Å². The molecule has 0 aromatic carbocycles. The van der Waals surface area contributed by atoms with Gasteiger partial charge in [-0.1, -0.05) is 15.9 Å². The third-order valence-corrected chi connectivity index (χ3v) is 4.62. The highest BCUT2D eigenvalue weighted by Crippen LogP contribution is 2.18. The lowest BCUT2D eigenvalue weighted by Crippen LogP contribution is -2.43. The highest BCUT2D eigenvalue weighted by molar-refractivity contribution is 9.10. The maximum Gasteiger partial charge on any atom is 0.242 e. The van der Waals surface area contributed by atoms with Crippen molar-refractivity contribution in [2.75, 3.05) is 5.33 Å². The highest BCUT2D eigenvalue weighted by atomic mass is 79.9. The minimum atomic E-state index is -3.53. The molecule has 0 aliphatic heterocycles. The monoisotopic (exact) mass is 384 g/mol. The summed E-state index contributed by atoms with van der Waals surface area (Å²) in [5.74, 6) is 0. The van der Waals surface area contributed by atoms with Gasteiger partial charge in [-0.05, 0) is 42.3 Å². The van der Waals surface area contributed by atoms with E-state index in [-0.39, 0.29) is 4.90 Å². The number of hydrogen-bond acceptors (Lipinski definition) is 3. The van der Waals surface area contributed by atoms with Gasteiger partial charge in [0.05, 0.1) is 0 Å². The number of halogens is 2. The summed E-state index contributed by atoms with van der Waals surface area (Å²) in [6.07, 6.45) is 3.58. The number of hydrogen-bond donors (Lipinski definition) is 1. The number of aromatic nitrogens is 1. The lowest BCUT2D eigenvalue weighted by molar-refractivity contribution is 0.443. The first kappa shape index (κ1) is 15.1. The first-order chi connectivity index (χ1) is 7.77. The van der Waals surface area contributed by atoms with Crippen LogP contribution in [0, 0.1) is 0 Å². The fourth-order valence-corrected chi connectivity index (χ4v) is 4.19. The summed E-state index contributed by atoms with van der Waals surface area (Å²) in [6, 6.07) is 1.53. The smallest absolute Gasteiger partial charge is 0.242 e. The summed E-state index contributed by atoms with van der Waals surface area (Å²) in [5, 5.41) is 0.735. The van der Waals surface area contributed by atoms with Gasteiger partial charge in [0.15, 0.2) is 0 Å². The number of alkyl halides is 1. The Morgan fingerprint density at radius 1 is 1.41 bits per heavy atom. The maximum atomic E-state index is 12.1. The zero-order chi connectivity index (χ0) is 13.1. The molecule has 4 nitrogen and oxygen atoms in total. The Bertz CT molecular complexity index is 489. The van der Waals surface area contributed by atoms with Gasteiger partial charge in [0.1, 0.15) is 4.90 Å². The van der Waals surface area contributed by atoms with Gasteiger partial charge in [-0.15, -0.1) is 0 Å². The molecule has 1 aromatic heterocycles. The van der Waals surface area contributed by atoms with Crippen LogP contribution in [0.1, 0.15) is 20.3 Å². The molecule has 1 N–H and O–H groups in total. The normalized spacial score (nSPS) is 12.7. The van der Waals surface area contributed by atoms with Crippen LogP contribution in [0.25, 0.3) is 0 Å². The molecule has 17 heavy (non-hydrogen) atoms. The first-order valence-electron chi connectivity index (χ1n) is 4.97. The second-order valence-corrected chi connectivity index (χ2v) is 7.66. The van der Waals surface area contributed by atoms with Crippen molar-refractivity contribution < 1.29 is 8.42 Å². The molecule has 1 aromatic rings. The van der Waals surface area contributed by atoms with E-state index in [1.54, 1.807) is 6.20 Å². The fourth-order valence-electron chi connectivity index (χ4n) is 1.25. The molecule has 7 heteroatoms. The Hall–Kier alpha value is 0.0200. The molecule has 0 saturated carbocycles. The quantitative estimate of drug-likeness (QED) is 0.792. The van der Waals surface area contributed by atoms with Crippen molar-refractivity contribution in [3.63, 3.8) is 0 Å². The van der Waals surface area contributed by atoms with E-state index in [1.807, 2.05) is 13.8 Å². The van der Waals surface area contributed by atoms with Crippen LogP contribution in [0.2, 0.25) is 0 Å². The van der Waals surface area contributed by atoms with Crippen molar-refractivity contribution in [1.82, 2.24) is 9.71 Å². The van der Waals surface area contributed by atoms with Crippen molar-refractivity contribution in [1.29, 1.82) is 0 Å². The van der Waals surface area contributed by atoms with Crippen LogP contribution in [0.3, 0.4) is 0 Å². The molecule has 0 amide bonds. The molecule has 0 unspecified atom stereocenters. The average molecular weight is 386 g/mol. The molecule has 0 atom stereocenters. The van der Waals surface area contributed by atoms with E-state index in [1.165, 1.54) is 12.3 Å². The summed E-state index contributed by atoms with van der Waals surface area (Å²) in [5.41, 5.74) is -0.495. The second kappa shape index (κ2) is 5.77. The summed E-state index contributed by atoms with van der Waals surface area (Å²) in [4.78, 5) is 4.01. The fraction of sp³-hybridized carbons (Fsp3) is 0.500. The summed E-state index contributed by atoms with van der Waals surface area (Å²) < 4.78 is 27.5. The van der Waals surface area contributed by atoms with Gasteiger partial charge >= 0.3 is 0 Å². The molecule has 1 rings (SSSR count). The van der Waals surface area contributed by atoms with Crippen molar-refractivity contribution >= 4 is 41.9 Å². The minimum Gasteiger partial charge on any atom is -0.262 e. The summed E-state index contributed by atoms with van der Waals surface area (Å²) in [7, 11) is -3.53. The van der Waals surface area contributed by atoms with Crippen LogP contribution in [0.5, 0.6) is 0 Å². The predicted molar refractivity (Wildman–Crippen MR) is 74.7 cm³/mol. The van der Waals surface area contributed by atoms with E-state index >= 15 is 0 Å². The molecule has 0 bridgehead atoms. The van der Waals surface area contributed by atoms with Crippen LogP contribution in [-0.4, -0.2) is 24.3 Å². The third-order valence-electron chi connectivity index (χ3n) is 2.12. The lowest BCUT2D eigenvalue weighted by atomic mass is 10.0. The van der Waals surface area contributed by atoms with E-state index in [0.29, 0.717) is 10.9 Å². The van der Waals surface area contributed by atoms with Crippen LogP contribution < -0.4 is 4.72 Å². The zero-order valence-corrected chi connectivity index (χ0v) is 13.6. The maximum absolute atomic E-state index is 12.1. The lowest BCUT2D eigenvalue weighted by Gasteiger charge is -2.24. The SMILES string of the molecule is CC(C)(CCBr)NS(=O)(=O)c1cncc(Br)c1. The number of nitrogens with zero attached hydrogens (tertiary/aromatic N) is 1. The first-order valence-corrected chi connectivity index (χ1v) is 8.37. The molecule has 0 fully saturated rings. The number of sulfonamides is 1. The summed E-state index contributed by atoms with van der Waals surface area (Å²) in [6.45, 7) is 3.69. The summed E-state index contributed by atoms with van der Waals surface area (Å²) >= 11 is 6.51. The topological polar surface area (TPSA) is 59.1 Å². The van der Waals surface area contributed by atoms with E-state index in [2.05, 4.69) is 41.6 Å². The predicted octanol–water partition coefficient (Wildman–Crippen LogP) is 2.69. The zero-order valence-electron chi connectivity index (χ0n) is 9.57. The average Bonchev–Trinajstić information content (AvgIpc) is 2.15. The van der Waals surface area contributed by atoms with Gasteiger partial charge in [-0.25, -0.2) is 13.1 Å². The van der Waals surface area contributed by atoms with Crippen molar-refractivity contribution in [2.24, 2.45) is 0 Å². The van der Waals surface area contributed by atoms with Gasteiger partial charge < -0.3 is 0 Å². The molecule has 0 saturated heterocycles. The molecule has 0 aliphatic carbocycles. The molecule has 0 spiro atoms. The van der Waals surface area contributed by atoms with E-state index in [4.69, 9.17) is 0 Å². The van der Waals surface area contributed by atoms with Crippen molar-refractivity contribution in [3.8, 4) is 0 Å². The molecule has 1 heterocycles. The molecular formula is C10H14Br2N2O2S. The van der Waals surface area contributed by atoms with E-state index in [0.717, 1.165) is 5.33 Å². The van der Waals surface area contributed by atoms with Gasteiger partial charge in [0.2, 0.25) is 10.0 Å². The molecular weight excluding hydrogens is 372 g/mol. The van der Waals surface area contributed by atoms with Crippen LogP contribution >= 0.6 is 31.9 Å². The molecule has 0 aliphatic rings. The molecule has 0 radical (unpaired) electrons. The Labute approximate surface area is 119 Å². The van der Waals surface area contributed by atoms with E-state index < -0.39 is 15.6 Å². The number of pyridine rings is 1. The third kappa shape index (κ3) is 4.65. The second-order valence-electron chi connectivity index (χ2n) is 4.27. The van der Waals surface area contributed by atoms with Crippen LogP contribution in [0.4, 0.5) is 0 Å². The van der Waals surface area contributed by atoms with Gasteiger partial charge in [0.25, 0.3) is 0 Å². The highest BCUT2D eigenvalue weighted by Gasteiger charge is 2.25. The Balaban J connectivity index is 2.97. The van der Waals surface area contributed by atoms with E-state index in [9.17, 15) is 8.42 Å². The van der Waals surface area contributed by atoms with Gasteiger partial charge in [0, 0.05) is 27.7 Å². The Morgan fingerprint density at radius 3 is 2.59 bits per heavy atom. The molecule has 96 valence electrons. The standard InChI is InChI=1S/C10H14Br2N2O2S/c1-10(2,3-4-11)14-17(15,16)9-5-8(12)6-13-7-9/h5-7,14H,3-4H2,1-2H3. The minimum absolute atomic E-state index is 0.162. The van der Waals surface area contributed by atoms with Gasteiger partial charge in [-0.2, -0.15) is 0 Å². The van der Waals surface area contributed by atoms with Crippen molar-refractivity contribution in [2.45, 2.75) is 30.7 Å². The Morgan fingerprint density at radius 2 is 2.06 bits per heavy atom. The van der Waals surface area contributed by atoms with Gasteiger partial charge in [-0.3, -0.25) is 4.98 Å². The van der Waals surface area contributed by atoms with Crippen molar-refractivity contribution in [3.05, 3.63) is 22.9 Å². The Kier molecular flexibility index (Phi) is 5.12. The number of nitrogens with one attached hydrogen (secondary N) is 1. The van der Waals surface area contributed by atoms with Crippen LogP contribution in [-0.2, 0) is 10.0 Å². The largest absolute Gasteiger partial charge is 0.262 e. The number of rotatable bonds is 5.